The first-order valence-electron chi connectivity index (χ1n) is 10.5. The molecule has 6 rings (SSSR count). The van der Waals surface area contributed by atoms with Crippen molar-refractivity contribution in [2.24, 2.45) is 28.6 Å². The maximum Gasteiger partial charge on any atom is 0.178 e. The van der Waals surface area contributed by atoms with Crippen LogP contribution in [0.15, 0.2) is 0 Å². The van der Waals surface area contributed by atoms with Gasteiger partial charge in [0, 0.05) is 24.9 Å². The molecule has 2 aliphatic heterocycles. The highest BCUT2D eigenvalue weighted by Gasteiger charge is 3.05. The molecular formula is C21H34O7. The van der Waals surface area contributed by atoms with Crippen molar-refractivity contribution in [3.8, 4) is 0 Å². The summed E-state index contributed by atoms with van der Waals surface area (Å²) in [6, 6.07) is 0. The second kappa shape index (κ2) is 4.64. The molecule has 2 saturated heterocycles. The van der Waals surface area contributed by atoms with E-state index in [1.807, 2.05) is 27.7 Å². The van der Waals surface area contributed by atoms with Crippen molar-refractivity contribution in [1.82, 2.24) is 0 Å². The second-order valence-electron chi connectivity index (χ2n) is 11.0. The Bertz CT molecular complexity index is 759. The Labute approximate surface area is 165 Å². The lowest BCUT2D eigenvalue weighted by Gasteiger charge is -2.60. The first-order valence-corrected chi connectivity index (χ1v) is 10.5. The molecule has 1 unspecified atom stereocenters. The summed E-state index contributed by atoms with van der Waals surface area (Å²) >= 11 is 0. The molecule has 4 saturated carbocycles. The molecule has 5 N–H and O–H groups in total. The van der Waals surface area contributed by atoms with Gasteiger partial charge in [0.15, 0.2) is 11.4 Å². The summed E-state index contributed by atoms with van der Waals surface area (Å²) in [4.78, 5) is 0. The lowest BCUT2D eigenvalue weighted by molar-refractivity contribution is -0.385. The molecule has 1 spiro atoms. The fourth-order valence-electron chi connectivity index (χ4n) is 9.09. The molecule has 0 radical (unpaired) electrons. The van der Waals surface area contributed by atoms with Gasteiger partial charge in [-0.2, -0.15) is 0 Å². The van der Waals surface area contributed by atoms with E-state index in [0.29, 0.717) is 12.8 Å². The van der Waals surface area contributed by atoms with Crippen LogP contribution in [-0.2, 0) is 9.47 Å². The highest BCUT2D eigenvalue weighted by Crippen LogP contribution is 2.89. The molecule has 0 aromatic rings. The minimum absolute atomic E-state index is 0.0672. The van der Waals surface area contributed by atoms with Gasteiger partial charge in [-0.25, -0.2) is 0 Å². The molecular weight excluding hydrogens is 364 g/mol. The van der Waals surface area contributed by atoms with Gasteiger partial charge in [0.25, 0.3) is 0 Å². The van der Waals surface area contributed by atoms with Crippen LogP contribution in [-0.4, -0.2) is 73.0 Å². The fraction of sp³-hybridized carbons (Fsp3) is 1.00. The van der Waals surface area contributed by atoms with Crippen LogP contribution >= 0.6 is 0 Å². The number of hydrogen-bond donors (Lipinski definition) is 5. The lowest BCUT2D eigenvalue weighted by atomic mass is 9.54. The SMILES string of the molecule is CO[C@H]1C2[C@@]3(O)[C@]45O[C@@](O)(C[C@@]2(C)[C@@]4(O)CC[C@H](C)[C@H]5O)[C@]3(C)[C@@]1(O)C(C)C. The molecule has 0 aromatic carbocycles. The molecule has 160 valence electrons. The monoisotopic (exact) mass is 398 g/mol. The standard InChI is InChI=1S/C21H34O7/c1-10(2)19(25)14(27-6)12-15(4)9-18(24)16(19,5)20(12,26)21(28-18)13(22)11(3)7-8-17(15,21)23/h10-14,22-26H,7-9H2,1-6H3/t11-,12?,13+,14-,15+,16+,17-,18-,19+,20-,21+/m0/s1. The Balaban J connectivity index is 1.92. The van der Waals surface area contributed by atoms with Crippen molar-refractivity contribution < 1.29 is 35.0 Å². The van der Waals surface area contributed by atoms with Crippen LogP contribution in [0.1, 0.15) is 53.9 Å². The van der Waals surface area contributed by atoms with Gasteiger partial charge in [0.1, 0.15) is 16.8 Å². The van der Waals surface area contributed by atoms with Gasteiger partial charge in [-0.05, 0) is 31.6 Å². The summed E-state index contributed by atoms with van der Waals surface area (Å²) in [5, 5.41) is 59.8. The van der Waals surface area contributed by atoms with Crippen LogP contribution in [0.5, 0.6) is 0 Å². The van der Waals surface area contributed by atoms with Crippen LogP contribution in [0.2, 0.25) is 0 Å². The predicted octanol–water partition coefficient (Wildman–Crippen LogP) is 0.159. The summed E-state index contributed by atoms with van der Waals surface area (Å²) in [6.07, 6.45) is -0.996. The molecule has 6 fully saturated rings. The molecule has 0 aromatic heterocycles. The third-order valence-electron chi connectivity index (χ3n) is 10.3. The Hall–Kier alpha value is -0.280. The van der Waals surface area contributed by atoms with E-state index < -0.39 is 57.1 Å². The zero-order valence-electron chi connectivity index (χ0n) is 17.6. The van der Waals surface area contributed by atoms with Gasteiger partial charge in [0.2, 0.25) is 0 Å². The van der Waals surface area contributed by atoms with Gasteiger partial charge < -0.3 is 35.0 Å². The molecule has 11 atom stereocenters. The van der Waals surface area contributed by atoms with Gasteiger partial charge in [0.05, 0.1) is 17.6 Å². The van der Waals surface area contributed by atoms with Crippen LogP contribution in [0.4, 0.5) is 0 Å². The van der Waals surface area contributed by atoms with Crippen molar-refractivity contribution in [3.05, 3.63) is 0 Å². The topological polar surface area (TPSA) is 120 Å². The average molecular weight is 398 g/mol. The van der Waals surface area contributed by atoms with E-state index in [2.05, 4.69) is 0 Å². The number of methoxy groups -OCH3 is 1. The van der Waals surface area contributed by atoms with E-state index in [-0.39, 0.29) is 18.3 Å². The van der Waals surface area contributed by atoms with Gasteiger partial charge in [-0.15, -0.1) is 0 Å². The normalized spacial score (nSPS) is 69.4. The van der Waals surface area contributed by atoms with Crippen molar-refractivity contribution >= 4 is 0 Å². The average Bonchev–Trinajstić information content (AvgIpc) is 2.87. The van der Waals surface area contributed by atoms with Gasteiger partial charge in [-0.1, -0.05) is 27.7 Å². The maximum atomic E-state index is 12.5. The first kappa shape index (κ1) is 19.7. The van der Waals surface area contributed by atoms with Crippen molar-refractivity contribution in [2.75, 3.05) is 7.11 Å². The molecule has 7 heteroatoms. The van der Waals surface area contributed by atoms with E-state index in [1.54, 1.807) is 6.92 Å². The summed E-state index contributed by atoms with van der Waals surface area (Å²) in [5.74, 6) is -3.19. The third-order valence-corrected chi connectivity index (χ3v) is 10.3. The van der Waals surface area contributed by atoms with E-state index in [1.165, 1.54) is 7.11 Å². The largest absolute Gasteiger partial charge is 0.390 e. The van der Waals surface area contributed by atoms with Crippen LogP contribution in [0.25, 0.3) is 0 Å². The molecule has 0 amide bonds. The van der Waals surface area contributed by atoms with Gasteiger partial charge >= 0.3 is 0 Å². The molecule has 6 bridgehead atoms. The Morgan fingerprint density at radius 1 is 1.11 bits per heavy atom. The zero-order valence-corrected chi connectivity index (χ0v) is 17.6. The predicted molar refractivity (Wildman–Crippen MR) is 98.0 cm³/mol. The molecule has 6 aliphatic rings. The summed E-state index contributed by atoms with van der Waals surface area (Å²) in [6.45, 7) is 9.02. The third kappa shape index (κ3) is 1.26. The number of hydrogen-bond acceptors (Lipinski definition) is 7. The highest BCUT2D eigenvalue weighted by atomic mass is 16.7. The number of ether oxygens (including phenoxy) is 2. The van der Waals surface area contributed by atoms with Gasteiger partial charge in [-0.3, -0.25) is 0 Å². The molecule has 7 nitrogen and oxygen atoms in total. The minimum Gasteiger partial charge on any atom is -0.390 e. The zero-order chi connectivity index (χ0) is 20.9. The smallest absolute Gasteiger partial charge is 0.178 e. The molecule has 4 aliphatic carbocycles. The van der Waals surface area contributed by atoms with Crippen LogP contribution in [0, 0.1) is 28.6 Å². The van der Waals surface area contributed by atoms with Crippen LogP contribution in [0.3, 0.4) is 0 Å². The van der Waals surface area contributed by atoms with Crippen molar-refractivity contribution in [2.45, 2.75) is 94.3 Å². The van der Waals surface area contributed by atoms with Crippen molar-refractivity contribution in [1.29, 1.82) is 0 Å². The number of aliphatic hydroxyl groups excluding tert-OH is 1. The summed E-state index contributed by atoms with van der Waals surface area (Å²) in [7, 11) is 1.50. The molecule has 28 heavy (non-hydrogen) atoms. The van der Waals surface area contributed by atoms with E-state index in [4.69, 9.17) is 9.47 Å². The summed E-state index contributed by atoms with van der Waals surface area (Å²) < 4.78 is 12.1. The Kier molecular flexibility index (Phi) is 3.26. The fourth-order valence-corrected chi connectivity index (χ4v) is 9.09. The first-order chi connectivity index (χ1) is 12.7. The number of aliphatic hydroxyl groups is 5. The minimum atomic E-state index is -1.90. The maximum absolute atomic E-state index is 12.5. The quantitative estimate of drug-likeness (QED) is 0.449. The number of rotatable bonds is 2. The van der Waals surface area contributed by atoms with Crippen LogP contribution < -0.4 is 0 Å². The lowest BCUT2D eigenvalue weighted by Crippen LogP contribution is -2.75. The summed E-state index contributed by atoms with van der Waals surface area (Å²) in [5.41, 5.74) is -9.33. The Morgan fingerprint density at radius 2 is 1.71 bits per heavy atom. The molecule has 2 heterocycles. The van der Waals surface area contributed by atoms with E-state index >= 15 is 0 Å². The Morgan fingerprint density at radius 3 is 2.25 bits per heavy atom. The van der Waals surface area contributed by atoms with Crippen molar-refractivity contribution in [3.63, 3.8) is 0 Å². The second-order valence-corrected chi connectivity index (χ2v) is 11.0. The van der Waals surface area contributed by atoms with E-state index in [9.17, 15) is 25.5 Å². The highest BCUT2D eigenvalue weighted by molar-refractivity contribution is 5.51. The van der Waals surface area contributed by atoms with E-state index in [0.717, 1.165) is 0 Å².